The molecule has 2 aromatic heterocycles. The molecule has 29 heavy (non-hydrogen) atoms. The van der Waals surface area contributed by atoms with Crippen LogP contribution in [0.2, 0.25) is 0 Å². The molecule has 0 aliphatic heterocycles. The minimum Gasteiger partial charge on any atom is -0.497 e. The van der Waals surface area contributed by atoms with Crippen molar-refractivity contribution in [3.05, 3.63) is 64.8 Å². The number of imidazole rings is 1. The van der Waals surface area contributed by atoms with E-state index in [2.05, 4.69) is 4.98 Å². The Morgan fingerprint density at radius 3 is 2.62 bits per heavy atom. The summed E-state index contributed by atoms with van der Waals surface area (Å²) in [6, 6.07) is 11.3. The van der Waals surface area contributed by atoms with E-state index in [1.165, 1.54) is 4.57 Å². The van der Waals surface area contributed by atoms with E-state index in [4.69, 9.17) is 21.7 Å². The third-order valence-electron chi connectivity index (χ3n) is 4.52. The smallest absolute Gasteiger partial charge is 0.311 e. The van der Waals surface area contributed by atoms with Crippen molar-refractivity contribution in [3.63, 3.8) is 0 Å². The SMILES string of the molecule is CCOC(=O)Cc1c(O)n(-c2cccnc2)c(=S)n1CCc1ccc(OC)cc1. The maximum atomic E-state index is 12.1. The highest BCUT2D eigenvalue weighted by molar-refractivity contribution is 7.71. The normalized spacial score (nSPS) is 10.7. The van der Waals surface area contributed by atoms with Crippen LogP contribution >= 0.6 is 12.2 Å². The monoisotopic (exact) mass is 413 g/mol. The van der Waals surface area contributed by atoms with E-state index in [9.17, 15) is 9.90 Å². The lowest BCUT2D eigenvalue weighted by Crippen LogP contribution is -2.13. The molecule has 3 aromatic rings. The zero-order chi connectivity index (χ0) is 20.8. The molecule has 2 heterocycles. The highest BCUT2D eigenvalue weighted by atomic mass is 32.1. The number of aryl methyl sites for hydroxylation is 1. The van der Waals surface area contributed by atoms with Crippen LogP contribution in [-0.4, -0.2) is 38.9 Å². The first-order valence-electron chi connectivity index (χ1n) is 9.27. The largest absolute Gasteiger partial charge is 0.497 e. The van der Waals surface area contributed by atoms with E-state index in [0.29, 0.717) is 29.1 Å². The van der Waals surface area contributed by atoms with E-state index < -0.39 is 5.97 Å². The average molecular weight is 413 g/mol. The Labute approximate surface area is 174 Å². The fourth-order valence-electron chi connectivity index (χ4n) is 3.08. The second kappa shape index (κ2) is 9.38. The predicted molar refractivity (Wildman–Crippen MR) is 111 cm³/mol. The Morgan fingerprint density at radius 2 is 2.00 bits per heavy atom. The van der Waals surface area contributed by atoms with E-state index in [1.807, 2.05) is 24.3 Å². The van der Waals surface area contributed by atoms with Gasteiger partial charge in [-0.1, -0.05) is 12.1 Å². The number of esters is 1. The van der Waals surface area contributed by atoms with Crippen LogP contribution < -0.4 is 4.74 Å². The van der Waals surface area contributed by atoms with Gasteiger partial charge < -0.3 is 19.1 Å². The van der Waals surface area contributed by atoms with Gasteiger partial charge in [-0.25, -0.2) is 0 Å². The predicted octanol–water partition coefficient (Wildman–Crippen LogP) is 3.47. The van der Waals surface area contributed by atoms with Crippen molar-refractivity contribution in [1.29, 1.82) is 0 Å². The molecule has 152 valence electrons. The van der Waals surface area contributed by atoms with Crippen LogP contribution in [0.3, 0.4) is 0 Å². The molecule has 3 rings (SSSR count). The summed E-state index contributed by atoms with van der Waals surface area (Å²) < 4.78 is 13.9. The standard InChI is InChI=1S/C21H23N3O4S/c1-3-28-19(25)13-18-20(26)24(16-5-4-11-22-14-16)21(29)23(18)12-10-15-6-8-17(27-2)9-7-15/h4-9,11,14,26H,3,10,12-13H2,1-2H3. The number of benzene rings is 1. The number of hydrogen-bond donors (Lipinski definition) is 1. The molecular formula is C21H23N3O4S. The molecule has 0 aliphatic rings. The lowest BCUT2D eigenvalue weighted by atomic mass is 10.1. The summed E-state index contributed by atoms with van der Waals surface area (Å²) in [4.78, 5) is 16.2. The van der Waals surface area contributed by atoms with Crippen molar-refractivity contribution in [1.82, 2.24) is 14.1 Å². The zero-order valence-electron chi connectivity index (χ0n) is 16.4. The quantitative estimate of drug-likeness (QED) is 0.450. The number of nitrogens with zero attached hydrogens (tertiary/aromatic N) is 3. The van der Waals surface area contributed by atoms with Crippen LogP contribution in [0.25, 0.3) is 5.69 Å². The summed E-state index contributed by atoms with van der Waals surface area (Å²) in [5.74, 6) is 0.291. The molecule has 0 spiro atoms. The van der Waals surface area contributed by atoms with Gasteiger partial charge in [0, 0.05) is 12.7 Å². The Morgan fingerprint density at radius 1 is 1.24 bits per heavy atom. The lowest BCUT2D eigenvalue weighted by molar-refractivity contribution is -0.142. The van der Waals surface area contributed by atoms with Gasteiger partial charge in [0.25, 0.3) is 0 Å². The van der Waals surface area contributed by atoms with Gasteiger partial charge in [-0.05, 0) is 55.4 Å². The first-order valence-corrected chi connectivity index (χ1v) is 9.68. The minimum absolute atomic E-state index is 0.0702. The number of aromatic nitrogens is 3. The van der Waals surface area contributed by atoms with Crippen molar-refractivity contribution in [3.8, 4) is 17.3 Å². The van der Waals surface area contributed by atoms with Gasteiger partial charge in [-0.15, -0.1) is 0 Å². The van der Waals surface area contributed by atoms with Crippen molar-refractivity contribution in [2.45, 2.75) is 26.3 Å². The molecule has 1 aromatic carbocycles. The maximum absolute atomic E-state index is 12.1. The number of ether oxygens (including phenoxy) is 2. The number of carbonyl (C=O) groups is 1. The van der Waals surface area contributed by atoms with Crippen molar-refractivity contribution in [2.75, 3.05) is 13.7 Å². The van der Waals surface area contributed by atoms with Crippen LogP contribution in [0.4, 0.5) is 0 Å². The first kappa shape index (κ1) is 20.6. The van der Waals surface area contributed by atoms with Crippen molar-refractivity contribution < 1.29 is 19.4 Å². The van der Waals surface area contributed by atoms with Gasteiger partial charge in [0.2, 0.25) is 5.88 Å². The van der Waals surface area contributed by atoms with Gasteiger partial charge in [-0.2, -0.15) is 0 Å². The summed E-state index contributed by atoms with van der Waals surface area (Å²) in [5, 5.41) is 10.8. The number of carbonyl (C=O) groups excluding carboxylic acids is 1. The van der Waals surface area contributed by atoms with Gasteiger partial charge in [0.05, 0.1) is 37.7 Å². The Balaban J connectivity index is 1.96. The summed E-state index contributed by atoms with van der Waals surface area (Å²) >= 11 is 5.62. The van der Waals surface area contributed by atoms with Crippen molar-refractivity contribution >= 4 is 18.2 Å². The Bertz CT molecular complexity index is 1030. The average Bonchev–Trinajstić information content (AvgIpc) is 2.97. The molecule has 0 aliphatic carbocycles. The highest BCUT2D eigenvalue weighted by Crippen LogP contribution is 2.26. The van der Waals surface area contributed by atoms with E-state index in [0.717, 1.165) is 11.3 Å². The maximum Gasteiger partial charge on any atom is 0.311 e. The minimum atomic E-state index is -0.417. The molecule has 8 heteroatoms. The first-order chi connectivity index (χ1) is 14.0. The second-order valence-corrected chi connectivity index (χ2v) is 6.70. The molecule has 0 saturated heterocycles. The molecule has 7 nitrogen and oxygen atoms in total. The fraction of sp³-hybridized carbons (Fsp3) is 0.286. The number of rotatable bonds is 8. The topological polar surface area (TPSA) is 78.5 Å². The second-order valence-electron chi connectivity index (χ2n) is 6.33. The van der Waals surface area contributed by atoms with E-state index >= 15 is 0 Å². The summed E-state index contributed by atoms with van der Waals surface area (Å²) in [6.07, 6.45) is 3.85. The highest BCUT2D eigenvalue weighted by Gasteiger charge is 2.21. The number of aromatic hydroxyl groups is 1. The number of hydrogen-bond acceptors (Lipinski definition) is 6. The summed E-state index contributed by atoms with van der Waals surface area (Å²) in [5.41, 5.74) is 2.14. The molecule has 0 amide bonds. The third-order valence-corrected chi connectivity index (χ3v) is 4.93. The molecule has 0 fully saturated rings. The van der Waals surface area contributed by atoms with Crippen LogP contribution in [-0.2, 0) is 28.9 Å². The summed E-state index contributed by atoms with van der Waals surface area (Å²) in [6.45, 7) is 2.52. The summed E-state index contributed by atoms with van der Waals surface area (Å²) in [7, 11) is 1.62. The molecule has 0 bridgehead atoms. The molecule has 0 radical (unpaired) electrons. The van der Waals surface area contributed by atoms with Crippen LogP contribution in [0.5, 0.6) is 11.6 Å². The Kier molecular flexibility index (Phi) is 6.66. The molecular weight excluding hydrogens is 390 g/mol. The van der Waals surface area contributed by atoms with Gasteiger partial charge in [0.1, 0.15) is 5.75 Å². The molecule has 0 unspecified atom stereocenters. The van der Waals surface area contributed by atoms with Crippen LogP contribution in [0.1, 0.15) is 18.2 Å². The number of pyridine rings is 1. The zero-order valence-corrected chi connectivity index (χ0v) is 17.2. The molecule has 0 saturated carbocycles. The third kappa shape index (κ3) is 4.65. The van der Waals surface area contributed by atoms with Gasteiger partial charge >= 0.3 is 5.97 Å². The van der Waals surface area contributed by atoms with Gasteiger partial charge in [-0.3, -0.25) is 14.3 Å². The van der Waals surface area contributed by atoms with E-state index in [-0.39, 0.29) is 18.9 Å². The number of methoxy groups -OCH3 is 1. The van der Waals surface area contributed by atoms with E-state index in [1.54, 1.807) is 43.1 Å². The van der Waals surface area contributed by atoms with Gasteiger partial charge in [0.15, 0.2) is 4.77 Å². The fourth-order valence-corrected chi connectivity index (χ4v) is 3.48. The Hall–Kier alpha value is -3.13. The lowest BCUT2D eigenvalue weighted by Gasteiger charge is -2.09. The molecule has 1 N–H and O–H groups in total. The van der Waals surface area contributed by atoms with Crippen LogP contribution in [0, 0.1) is 4.77 Å². The molecule has 0 atom stereocenters. The van der Waals surface area contributed by atoms with Crippen LogP contribution in [0.15, 0.2) is 48.8 Å². The van der Waals surface area contributed by atoms with Crippen molar-refractivity contribution in [2.24, 2.45) is 0 Å².